The number of rotatable bonds is 6. The van der Waals surface area contributed by atoms with E-state index in [1.807, 2.05) is 6.07 Å². The Labute approximate surface area is 158 Å². The average Bonchev–Trinajstić information content (AvgIpc) is 3.03. The van der Waals surface area contributed by atoms with E-state index in [1.165, 1.54) is 7.11 Å². The number of para-hydroxylation sites is 1. The topological polar surface area (TPSA) is 121 Å². The van der Waals surface area contributed by atoms with Crippen molar-refractivity contribution in [2.45, 2.75) is 6.42 Å². The molecule has 0 saturated carbocycles. The van der Waals surface area contributed by atoms with Crippen molar-refractivity contribution in [1.82, 2.24) is 4.98 Å². The van der Waals surface area contributed by atoms with Crippen LogP contribution in [0.25, 0.3) is 10.2 Å². The third-order valence-electron chi connectivity index (χ3n) is 3.82. The average molecular weight is 387 g/mol. The highest BCUT2D eigenvalue weighted by molar-refractivity contribution is 7.22. The number of nitrogens with one attached hydrogen (secondary N) is 2. The van der Waals surface area contributed by atoms with Crippen molar-refractivity contribution in [3.63, 3.8) is 0 Å². The molecule has 0 spiro atoms. The summed E-state index contributed by atoms with van der Waals surface area (Å²) in [5.74, 6) is 0.155. The van der Waals surface area contributed by atoms with Crippen LogP contribution in [0.1, 0.15) is 15.9 Å². The third kappa shape index (κ3) is 4.15. The molecule has 1 aromatic heterocycles. The van der Waals surface area contributed by atoms with Crippen LogP contribution in [0.15, 0.2) is 36.4 Å². The Bertz CT molecular complexity index is 1000. The highest BCUT2D eigenvalue weighted by Gasteiger charge is 2.15. The summed E-state index contributed by atoms with van der Waals surface area (Å²) in [5.41, 5.74) is 2.26. The van der Waals surface area contributed by atoms with Crippen LogP contribution in [0.3, 0.4) is 0 Å². The minimum atomic E-state index is -1.19. The Morgan fingerprint density at radius 2 is 2.04 bits per heavy atom. The highest BCUT2D eigenvalue weighted by atomic mass is 32.1. The van der Waals surface area contributed by atoms with Gasteiger partial charge in [-0.3, -0.25) is 10.1 Å². The largest absolute Gasteiger partial charge is 0.495 e. The molecule has 3 aromatic rings. The molecule has 1 heterocycles. The maximum atomic E-state index is 12.7. The van der Waals surface area contributed by atoms with E-state index in [0.29, 0.717) is 33.6 Å². The minimum Gasteiger partial charge on any atom is -0.495 e. The van der Waals surface area contributed by atoms with Gasteiger partial charge in [0.25, 0.3) is 5.91 Å². The number of ether oxygens (including phenoxy) is 1. The number of aliphatic hydroxyl groups excluding tert-OH is 1. The van der Waals surface area contributed by atoms with Crippen LogP contribution in [0.2, 0.25) is 0 Å². The first kappa shape index (κ1) is 18.6. The quantitative estimate of drug-likeness (QED) is 0.515. The number of thiazole rings is 1. The van der Waals surface area contributed by atoms with E-state index >= 15 is 0 Å². The summed E-state index contributed by atoms with van der Waals surface area (Å²) in [4.78, 5) is 27.6. The lowest BCUT2D eigenvalue weighted by atomic mass is 10.1. The number of amides is 2. The van der Waals surface area contributed by atoms with Crippen molar-refractivity contribution >= 4 is 44.4 Å². The molecule has 0 radical (unpaired) electrons. The van der Waals surface area contributed by atoms with Gasteiger partial charge in [0.05, 0.1) is 23.0 Å². The normalized spacial score (nSPS) is 10.6. The van der Waals surface area contributed by atoms with Gasteiger partial charge in [0, 0.05) is 12.2 Å². The van der Waals surface area contributed by atoms with Gasteiger partial charge in [-0.15, -0.1) is 0 Å². The van der Waals surface area contributed by atoms with E-state index < -0.39 is 6.09 Å². The van der Waals surface area contributed by atoms with Crippen LogP contribution in [-0.2, 0) is 6.42 Å². The fourth-order valence-corrected chi connectivity index (χ4v) is 3.51. The van der Waals surface area contributed by atoms with Crippen molar-refractivity contribution in [2.75, 3.05) is 24.4 Å². The zero-order valence-electron chi connectivity index (χ0n) is 14.4. The molecule has 0 fully saturated rings. The van der Waals surface area contributed by atoms with Crippen LogP contribution in [0, 0.1) is 0 Å². The SMILES string of the molecule is COc1cccc(CCO)c1NC(=O)c1ccc2nc(NC(=O)O)sc2c1. The van der Waals surface area contributed by atoms with Gasteiger partial charge in [-0.1, -0.05) is 23.5 Å². The van der Waals surface area contributed by atoms with Gasteiger partial charge in [-0.2, -0.15) is 0 Å². The smallest absolute Gasteiger partial charge is 0.410 e. The Balaban J connectivity index is 1.89. The van der Waals surface area contributed by atoms with Crippen molar-refractivity contribution in [3.05, 3.63) is 47.5 Å². The van der Waals surface area contributed by atoms with Crippen molar-refractivity contribution in [1.29, 1.82) is 0 Å². The van der Waals surface area contributed by atoms with Gasteiger partial charge in [0.1, 0.15) is 5.75 Å². The standard InChI is InChI=1S/C18H17N3O5S/c1-26-13-4-2-3-10(7-8-22)15(13)20-16(23)11-5-6-12-14(9-11)27-17(19-12)21-18(24)25/h2-6,9,22H,7-8H2,1H3,(H,19,21)(H,20,23)(H,24,25). The van der Waals surface area contributed by atoms with Gasteiger partial charge in [0.2, 0.25) is 0 Å². The van der Waals surface area contributed by atoms with E-state index in [2.05, 4.69) is 15.6 Å². The lowest BCUT2D eigenvalue weighted by Gasteiger charge is -2.14. The molecule has 9 heteroatoms. The van der Waals surface area contributed by atoms with Gasteiger partial charge < -0.3 is 20.3 Å². The summed E-state index contributed by atoms with van der Waals surface area (Å²) in [6.07, 6.45) is -0.815. The molecule has 8 nitrogen and oxygen atoms in total. The summed E-state index contributed by atoms with van der Waals surface area (Å²) >= 11 is 1.14. The van der Waals surface area contributed by atoms with E-state index in [9.17, 15) is 14.7 Å². The van der Waals surface area contributed by atoms with E-state index in [4.69, 9.17) is 9.84 Å². The zero-order chi connectivity index (χ0) is 19.4. The number of methoxy groups -OCH3 is 1. The second-order valence-electron chi connectivity index (χ2n) is 5.55. The number of anilines is 2. The number of carbonyl (C=O) groups is 2. The second-order valence-corrected chi connectivity index (χ2v) is 6.58. The number of fused-ring (bicyclic) bond motifs is 1. The number of hydrogen-bond acceptors (Lipinski definition) is 6. The predicted octanol–water partition coefficient (Wildman–Crippen LogP) is 3.18. The summed E-state index contributed by atoms with van der Waals surface area (Å²) in [6.45, 7) is -0.0534. The number of carboxylic acid groups (broad SMARTS) is 1. The fourth-order valence-electron chi connectivity index (χ4n) is 2.61. The van der Waals surface area contributed by atoms with E-state index in [-0.39, 0.29) is 17.6 Å². The molecule has 0 aliphatic rings. The summed E-state index contributed by atoms with van der Waals surface area (Å²) in [6, 6.07) is 10.3. The van der Waals surface area contributed by atoms with Crippen LogP contribution in [-0.4, -0.2) is 40.9 Å². The molecule has 140 valence electrons. The summed E-state index contributed by atoms with van der Waals surface area (Å²) in [7, 11) is 1.51. The molecule has 2 aromatic carbocycles. The lowest BCUT2D eigenvalue weighted by molar-refractivity contribution is 0.102. The second kappa shape index (κ2) is 8.02. The van der Waals surface area contributed by atoms with Crippen molar-refractivity contribution < 1.29 is 24.5 Å². The number of aromatic nitrogens is 1. The number of nitrogens with zero attached hydrogens (tertiary/aromatic N) is 1. The molecule has 3 rings (SSSR count). The maximum absolute atomic E-state index is 12.7. The predicted molar refractivity (Wildman–Crippen MR) is 103 cm³/mol. The number of aliphatic hydroxyl groups is 1. The minimum absolute atomic E-state index is 0.0534. The monoisotopic (exact) mass is 387 g/mol. The molecule has 0 atom stereocenters. The Kier molecular flexibility index (Phi) is 5.53. The van der Waals surface area contributed by atoms with Gasteiger partial charge in [0.15, 0.2) is 5.13 Å². The van der Waals surface area contributed by atoms with Gasteiger partial charge in [-0.05, 0) is 36.2 Å². The molecule has 0 aliphatic heterocycles. The Morgan fingerprint density at radius 1 is 1.22 bits per heavy atom. The third-order valence-corrected chi connectivity index (χ3v) is 4.75. The molecule has 4 N–H and O–H groups in total. The first-order valence-corrected chi connectivity index (χ1v) is 8.82. The molecule has 27 heavy (non-hydrogen) atoms. The molecule has 0 bridgehead atoms. The fraction of sp³-hybridized carbons (Fsp3) is 0.167. The van der Waals surface area contributed by atoms with Crippen LogP contribution < -0.4 is 15.4 Å². The highest BCUT2D eigenvalue weighted by Crippen LogP contribution is 2.30. The molecule has 0 saturated heterocycles. The maximum Gasteiger partial charge on any atom is 0.410 e. The first-order chi connectivity index (χ1) is 13.0. The first-order valence-electron chi connectivity index (χ1n) is 8.00. The van der Waals surface area contributed by atoms with Crippen LogP contribution in [0.5, 0.6) is 5.75 Å². The van der Waals surface area contributed by atoms with Crippen molar-refractivity contribution in [2.24, 2.45) is 0 Å². The van der Waals surface area contributed by atoms with Gasteiger partial charge in [-0.25, -0.2) is 9.78 Å². The number of benzene rings is 2. The Morgan fingerprint density at radius 3 is 2.74 bits per heavy atom. The summed E-state index contributed by atoms with van der Waals surface area (Å²) < 4.78 is 5.99. The van der Waals surface area contributed by atoms with Crippen LogP contribution in [0.4, 0.5) is 15.6 Å². The summed E-state index contributed by atoms with van der Waals surface area (Å²) in [5, 5.41) is 23.3. The number of hydrogen-bond donors (Lipinski definition) is 4. The molecule has 0 unspecified atom stereocenters. The molecular formula is C18H17N3O5S. The number of carbonyl (C=O) groups excluding carboxylic acids is 1. The molecule has 2 amide bonds. The van der Waals surface area contributed by atoms with E-state index in [1.54, 1.807) is 30.3 Å². The van der Waals surface area contributed by atoms with Gasteiger partial charge >= 0.3 is 6.09 Å². The Hall–Kier alpha value is -3.17. The molecule has 0 aliphatic carbocycles. The van der Waals surface area contributed by atoms with Crippen LogP contribution >= 0.6 is 11.3 Å². The van der Waals surface area contributed by atoms with E-state index in [0.717, 1.165) is 16.9 Å². The van der Waals surface area contributed by atoms with Crippen molar-refractivity contribution in [3.8, 4) is 5.75 Å². The molecular weight excluding hydrogens is 370 g/mol. The zero-order valence-corrected chi connectivity index (χ0v) is 15.2. The lowest BCUT2D eigenvalue weighted by Crippen LogP contribution is -2.14.